The smallest absolute Gasteiger partial charge is 0.242 e. The zero-order valence-corrected chi connectivity index (χ0v) is 14.2. The van der Waals surface area contributed by atoms with Gasteiger partial charge in [0, 0.05) is 27.2 Å². The number of nitrogens with one attached hydrogen (secondary N) is 1. The summed E-state index contributed by atoms with van der Waals surface area (Å²) in [6.07, 6.45) is 2.09. The Kier molecular flexibility index (Phi) is 4.91. The summed E-state index contributed by atoms with van der Waals surface area (Å²) in [6, 6.07) is 9.56. The molecule has 1 atom stereocenters. The molecule has 2 heterocycles. The van der Waals surface area contributed by atoms with Gasteiger partial charge in [0.05, 0.1) is 12.6 Å². The minimum atomic E-state index is 0.104. The third-order valence-electron chi connectivity index (χ3n) is 3.75. The summed E-state index contributed by atoms with van der Waals surface area (Å²) in [4.78, 5) is 15.7. The van der Waals surface area contributed by atoms with Crippen molar-refractivity contribution >= 4 is 46.1 Å². The Morgan fingerprint density at radius 3 is 2.77 bits per heavy atom. The van der Waals surface area contributed by atoms with Crippen molar-refractivity contribution in [3.8, 4) is 0 Å². The molecule has 0 radical (unpaired) electrons. The summed E-state index contributed by atoms with van der Waals surface area (Å²) in [5.74, 6) is 0.104. The number of carbonyl (C=O) groups excluding carboxylic acids is 1. The van der Waals surface area contributed by atoms with Gasteiger partial charge in [0.2, 0.25) is 5.91 Å². The van der Waals surface area contributed by atoms with Crippen LogP contribution < -0.4 is 5.32 Å². The van der Waals surface area contributed by atoms with Crippen LogP contribution in [0, 0.1) is 0 Å². The zero-order chi connectivity index (χ0) is 15.5. The number of amides is 1. The van der Waals surface area contributed by atoms with Crippen molar-refractivity contribution in [2.75, 3.05) is 18.4 Å². The fourth-order valence-electron chi connectivity index (χ4n) is 2.78. The lowest BCUT2D eigenvalue weighted by Crippen LogP contribution is -2.34. The van der Waals surface area contributed by atoms with Gasteiger partial charge >= 0.3 is 0 Å². The number of benzene rings is 1. The van der Waals surface area contributed by atoms with Crippen LogP contribution >= 0.6 is 34.5 Å². The molecule has 0 bridgehead atoms. The van der Waals surface area contributed by atoms with Gasteiger partial charge in [-0.05, 0) is 42.5 Å². The average Bonchev–Trinajstić information content (AvgIpc) is 3.13. The molecule has 0 aliphatic carbocycles. The Labute approximate surface area is 143 Å². The fraction of sp³-hybridized carbons (Fsp3) is 0.312. The monoisotopic (exact) mass is 354 g/mol. The number of hydrogen-bond acceptors (Lipinski definition) is 3. The molecule has 1 aliphatic heterocycles. The van der Waals surface area contributed by atoms with E-state index in [-0.39, 0.29) is 18.5 Å². The Morgan fingerprint density at radius 2 is 2.09 bits per heavy atom. The van der Waals surface area contributed by atoms with E-state index in [1.807, 2.05) is 11.0 Å². The Balaban J connectivity index is 1.64. The highest BCUT2D eigenvalue weighted by molar-refractivity contribution is 7.10. The van der Waals surface area contributed by atoms with E-state index in [1.165, 1.54) is 4.88 Å². The second-order valence-corrected chi connectivity index (χ2v) is 7.12. The van der Waals surface area contributed by atoms with Crippen LogP contribution in [0.5, 0.6) is 0 Å². The van der Waals surface area contributed by atoms with E-state index in [2.05, 4.69) is 16.8 Å². The number of hydrogen-bond donors (Lipinski definition) is 1. The van der Waals surface area contributed by atoms with Gasteiger partial charge in [-0.15, -0.1) is 11.3 Å². The van der Waals surface area contributed by atoms with Crippen LogP contribution in [0.15, 0.2) is 35.7 Å². The van der Waals surface area contributed by atoms with Crippen molar-refractivity contribution in [2.24, 2.45) is 0 Å². The number of thiophene rings is 1. The van der Waals surface area contributed by atoms with Crippen molar-refractivity contribution in [3.63, 3.8) is 0 Å². The number of carbonyl (C=O) groups is 1. The molecule has 1 aliphatic rings. The van der Waals surface area contributed by atoms with Gasteiger partial charge < -0.3 is 10.2 Å². The highest BCUT2D eigenvalue weighted by Crippen LogP contribution is 2.34. The van der Waals surface area contributed by atoms with E-state index in [0.717, 1.165) is 25.1 Å². The van der Waals surface area contributed by atoms with Crippen LogP contribution in [0.2, 0.25) is 10.0 Å². The highest BCUT2D eigenvalue weighted by Gasteiger charge is 2.30. The first-order chi connectivity index (χ1) is 10.6. The SMILES string of the molecule is O=C(CNc1cc(Cl)cc(Cl)c1)N1CCC[C@H]1c1cccs1. The molecule has 1 fully saturated rings. The standard InChI is InChI=1S/C16H16Cl2N2OS/c17-11-7-12(18)9-13(8-11)19-10-16(21)20-5-1-3-14(20)15-4-2-6-22-15/h2,4,6-9,14,19H,1,3,5,10H2/t14-/m0/s1. The Bertz CT molecular complexity index is 640. The van der Waals surface area contributed by atoms with Crippen LogP contribution in [0.3, 0.4) is 0 Å². The van der Waals surface area contributed by atoms with Crippen molar-refractivity contribution in [1.29, 1.82) is 0 Å². The maximum Gasteiger partial charge on any atom is 0.242 e. The molecule has 0 saturated carbocycles. The highest BCUT2D eigenvalue weighted by atomic mass is 35.5. The molecule has 1 saturated heterocycles. The molecule has 3 nitrogen and oxygen atoms in total. The lowest BCUT2D eigenvalue weighted by Gasteiger charge is -2.24. The molecule has 3 rings (SSSR count). The van der Waals surface area contributed by atoms with Gasteiger partial charge in [0.25, 0.3) is 0 Å². The number of halogens is 2. The van der Waals surface area contributed by atoms with Crippen LogP contribution in [0.1, 0.15) is 23.8 Å². The van der Waals surface area contributed by atoms with Crippen molar-refractivity contribution in [1.82, 2.24) is 4.90 Å². The van der Waals surface area contributed by atoms with E-state index in [1.54, 1.807) is 29.5 Å². The Hall–Kier alpha value is -1.23. The molecule has 1 aromatic heterocycles. The molecule has 1 amide bonds. The van der Waals surface area contributed by atoms with Gasteiger partial charge in [0.1, 0.15) is 0 Å². The minimum Gasteiger partial charge on any atom is -0.376 e. The second kappa shape index (κ2) is 6.90. The topological polar surface area (TPSA) is 32.3 Å². The summed E-state index contributed by atoms with van der Waals surface area (Å²) in [5, 5.41) is 6.28. The van der Waals surface area contributed by atoms with Crippen molar-refractivity contribution < 1.29 is 4.79 Å². The number of anilines is 1. The maximum atomic E-state index is 12.5. The molecule has 2 aromatic rings. The summed E-state index contributed by atoms with van der Waals surface area (Å²) in [5.41, 5.74) is 0.762. The third-order valence-corrected chi connectivity index (χ3v) is 5.16. The number of rotatable bonds is 4. The lowest BCUT2D eigenvalue weighted by atomic mass is 10.2. The van der Waals surface area contributed by atoms with E-state index < -0.39 is 0 Å². The summed E-state index contributed by atoms with van der Waals surface area (Å²) < 4.78 is 0. The molecule has 0 unspecified atom stereocenters. The summed E-state index contributed by atoms with van der Waals surface area (Å²) in [6.45, 7) is 1.07. The minimum absolute atomic E-state index is 0.104. The quantitative estimate of drug-likeness (QED) is 0.852. The van der Waals surface area contributed by atoms with E-state index in [4.69, 9.17) is 23.2 Å². The predicted molar refractivity (Wildman–Crippen MR) is 93.0 cm³/mol. The molecule has 0 spiro atoms. The van der Waals surface area contributed by atoms with Crippen LogP contribution in [0.4, 0.5) is 5.69 Å². The first-order valence-electron chi connectivity index (χ1n) is 7.16. The first-order valence-corrected chi connectivity index (χ1v) is 8.80. The van der Waals surface area contributed by atoms with Gasteiger partial charge in [-0.1, -0.05) is 29.3 Å². The fourth-order valence-corrected chi connectivity index (χ4v) is 4.18. The third kappa shape index (κ3) is 3.57. The van der Waals surface area contributed by atoms with E-state index in [9.17, 15) is 4.79 Å². The van der Waals surface area contributed by atoms with Gasteiger partial charge in [-0.25, -0.2) is 0 Å². The van der Waals surface area contributed by atoms with Crippen LogP contribution in [-0.2, 0) is 4.79 Å². The van der Waals surface area contributed by atoms with Gasteiger partial charge in [-0.2, -0.15) is 0 Å². The molecular formula is C16H16Cl2N2OS. The van der Waals surface area contributed by atoms with Gasteiger partial charge in [0.15, 0.2) is 0 Å². The molecule has 6 heteroatoms. The van der Waals surface area contributed by atoms with Crippen LogP contribution in [-0.4, -0.2) is 23.9 Å². The number of nitrogens with zero attached hydrogens (tertiary/aromatic N) is 1. The van der Waals surface area contributed by atoms with Gasteiger partial charge in [-0.3, -0.25) is 4.79 Å². The van der Waals surface area contributed by atoms with E-state index >= 15 is 0 Å². The van der Waals surface area contributed by atoms with Crippen LogP contribution in [0.25, 0.3) is 0 Å². The Morgan fingerprint density at radius 1 is 1.32 bits per heavy atom. The summed E-state index contributed by atoms with van der Waals surface area (Å²) >= 11 is 13.6. The normalized spacial score (nSPS) is 17.7. The molecule has 1 N–H and O–H groups in total. The van der Waals surface area contributed by atoms with Crippen molar-refractivity contribution in [2.45, 2.75) is 18.9 Å². The molecular weight excluding hydrogens is 339 g/mol. The second-order valence-electron chi connectivity index (χ2n) is 5.27. The number of likely N-dealkylation sites (tertiary alicyclic amines) is 1. The predicted octanol–water partition coefficient (Wildman–Crippen LogP) is 4.83. The lowest BCUT2D eigenvalue weighted by molar-refractivity contribution is -0.130. The maximum absolute atomic E-state index is 12.5. The average molecular weight is 355 g/mol. The molecule has 22 heavy (non-hydrogen) atoms. The molecule has 1 aromatic carbocycles. The molecule has 116 valence electrons. The van der Waals surface area contributed by atoms with Crippen molar-refractivity contribution in [3.05, 3.63) is 50.6 Å². The first kappa shape index (κ1) is 15.7. The largest absolute Gasteiger partial charge is 0.376 e. The van der Waals surface area contributed by atoms with E-state index in [0.29, 0.717) is 10.0 Å². The zero-order valence-electron chi connectivity index (χ0n) is 11.9. The summed E-state index contributed by atoms with van der Waals surface area (Å²) in [7, 11) is 0.